The van der Waals surface area contributed by atoms with Crippen molar-refractivity contribution in [2.24, 2.45) is 11.7 Å². The van der Waals surface area contributed by atoms with E-state index < -0.39 is 42.0 Å². The fourth-order valence-corrected chi connectivity index (χ4v) is 2.29. The number of carbonyl (C=O) groups excluding carboxylic acids is 2. The lowest BCUT2D eigenvalue weighted by Crippen LogP contribution is -2.59. The van der Waals surface area contributed by atoms with Gasteiger partial charge in [0, 0.05) is 6.42 Å². The number of hydrogen-bond acceptors (Lipinski definition) is 6. The number of nitrogens with one attached hydrogen (secondary N) is 2. The highest BCUT2D eigenvalue weighted by atomic mass is 16.4. The molecular weight excluding hydrogens is 354 g/mol. The number of benzene rings is 1. The topological polar surface area (TPSA) is 162 Å². The molecule has 7 N–H and O–H groups in total. The van der Waals surface area contributed by atoms with Gasteiger partial charge in [-0.3, -0.25) is 9.59 Å². The predicted molar refractivity (Wildman–Crippen MR) is 97.8 cm³/mol. The Labute approximate surface area is 157 Å². The second-order valence-corrected chi connectivity index (χ2v) is 6.77. The Morgan fingerprint density at radius 3 is 2.04 bits per heavy atom. The lowest BCUT2D eigenvalue weighted by atomic mass is 10.0. The standard InChI is InChI=1S/C18H27N3O6/c1-9(2)14(19)16(24)21-15(10(3)22)17(25)20-13(18(26)27)8-11-4-6-12(23)7-5-11/h4-7,9-10,13-15,22-23H,8,19H2,1-3H3,(H,20,25)(H,21,24)(H,26,27)/t10-,13+,14+,15+/m1/s1. The molecule has 0 bridgehead atoms. The molecule has 9 heteroatoms. The normalized spacial score (nSPS) is 15.5. The van der Waals surface area contributed by atoms with Crippen molar-refractivity contribution in [1.82, 2.24) is 10.6 Å². The van der Waals surface area contributed by atoms with E-state index in [9.17, 15) is 29.7 Å². The fourth-order valence-electron chi connectivity index (χ4n) is 2.29. The van der Waals surface area contributed by atoms with Gasteiger partial charge in [-0.2, -0.15) is 0 Å². The van der Waals surface area contributed by atoms with Crippen LogP contribution in [-0.2, 0) is 20.8 Å². The molecule has 0 spiro atoms. The van der Waals surface area contributed by atoms with Crippen molar-refractivity contribution in [3.63, 3.8) is 0 Å². The van der Waals surface area contributed by atoms with Crippen LogP contribution in [0.5, 0.6) is 5.75 Å². The molecule has 0 saturated carbocycles. The molecule has 0 aliphatic heterocycles. The maximum atomic E-state index is 12.4. The van der Waals surface area contributed by atoms with Crippen LogP contribution in [0.15, 0.2) is 24.3 Å². The molecule has 1 aromatic rings. The quantitative estimate of drug-likeness (QED) is 0.331. The number of carboxylic acids is 1. The zero-order valence-corrected chi connectivity index (χ0v) is 15.5. The van der Waals surface area contributed by atoms with Gasteiger partial charge in [-0.15, -0.1) is 0 Å². The molecule has 0 saturated heterocycles. The van der Waals surface area contributed by atoms with E-state index in [1.165, 1.54) is 31.2 Å². The second-order valence-electron chi connectivity index (χ2n) is 6.77. The largest absolute Gasteiger partial charge is 0.508 e. The second kappa shape index (κ2) is 9.89. The Morgan fingerprint density at radius 1 is 1.04 bits per heavy atom. The summed E-state index contributed by atoms with van der Waals surface area (Å²) in [5.41, 5.74) is 6.32. The van der Waals surface area contributed by atoms with Crippen LogP contribution in [0.4, 0.5) is 0 Å². The molecule has 27 heavy (non-hydrogen) atoms. The van der Waals surface area contributed by atoms with Crippen LogP contribution >= 0.6 is 0 Å². The summed E-state index contributed by atoms with van der Waals surface area (Å²) in [6.45, 7) is 4.78. The molecule has 9 nitrogen and oxygen atoms in total. The molecule has 0 fully saturated rings. The summed E-state index contributed by atoms with van der Waals surface area (Å²) in [5.74, 6) is -2.86. The van der Waals surface area contributed by atoms with E-state index in [1.807, 2.05) is 0 Å². The number of rotatable bonds is 9. The summed E-state index contributed by atoms with van der Waals surface area (Å²) in [4.78, 5) is 36.0. The highest BCUT2D eigenvalue weighted by Crippen LogP contribution is 2.12. The first-order valence-corrected chi connectivity index (χ1v) is 8.58. The number of aromatic hydroxyl groups is 1. The number of phenolic OH excluding ortho intramolecular Hbond substituents is 1. The van der Waals surface area contributed by atoms with E-state index in [0.29, 0.717) is 5.56 Å². The Balaban J connectivity index is 2.85. The third-order valence-corrected chi connectivity index (χ3v) is 4.07. The Bertz CT molecular complexity index is 660. The number of amides is 2. The van der Waals surface area contributed by atoms with E-state index in [0.717, 1.165) is 0 Å². The maximum Gasteiger partial charge on any atom is 0.326 e. The van der Waals surface area contributed by atoms with Crippen molar-refractivity contribution >= 4 is 17.8 Å². The number of hydrogen-bond donors (Lipinski definition) is 6. The minimum atomic E-state index is -1.34. The predicted octanol–water partition coefficient (Wildman–Crippen LogP) is -0.647. The summed E-state index contributed by atoms with van der Waals surface area (Å²) in [5, 5.41) is 33.2. The van der Waals surface area contributed by atoms with Crippen LogP contribution in [0.1, 0.15) is 26.3 Å². The Hall–Kier alpha value is -2.65. The van der Waals surface area contributed by atoms with Gasteiger partial charge in [-0.25, -0.2) is 4.79 Å². The Morgan fingerprint density at radius 2 is 1.59 bits per heavy atom. The third-order valence-electron chi connectivity index (χ3n) is 4.07. The first-order valence-electron chi connectivity index (χ1n) is 8.58. The van der Waals surface area contributed by atoms with E-state index in [-0.39, 0.29) is 18.1 Å². The fraction of sp³-hybridized carbons (Fsp3) is 0.500. The van der Waals surface area contributed by atoms with Gasteiger partial charge in [-0.05, 0) is 30.5 Å². The molecule has 2 amide bonds. The number of aliphatic carboxylic acids is 1. The SMILES string of the molecule is CC(C)[C@H](N)C(=O)N[C@H](C(=O)N[C@@H](Cc1ccc(O)cc1)C(=O)O)[C@@H](C)O. The van der Waals surface area contributed by atoms with Gasteiger partial charge < -0.3 is 31.7 Å². The van der Waals surface area contributed by atoms with Crippen molar-refractivity contribution in [1.29, 1.82) is 0 Å². The molecule has 4 atom stereocenters. The van der Waals surface area contributed by atoms with Crippen LogP contribution in [-0.4, -0.2) is 57.3 Å². The van der Waals surface area contributed by atoms with Gasteiger partial charge in [0.1, 0.15) is 17.8 Å². The number of nitrogens with two attached hydrogens (primary N) is 1. The number of aliphatic hydroxyl groups is 1. The van der Waals surface area contributed by atoms with E-state index in [1.54, 1.807) is 13.8 Å². The van der Waals surface area contributed by atoms with Crippen LogP contribution in [0.3, 0.4) is 0 Å². The minimum Gasteiger partial charge on any atom is -0.508 e. The lowest BCUT2D eigenvalue weighted by molar-refractivity contribution is -0.142. The number of carboxylic acid groups (broad SMARTS) is 1. The molecule has 0 aliphatic rings. The number of phenols is 1. The first-order chi connectivity index (χ1) is 12.5. The molecule has 1 aromatic carbocycles. The van der Waals surface area contributed by atoms with E-state index >= 15 is 0 Å². The van der Waals surface area contributed by atoms with Gasteiger partial charge in [0.2, 0.25) is 11.8 Å². The number of aliphatic hydroxyl groups excluding tert-OH is 1. The van der Waals surface area contributed by atoms with Gasteiger partial charge in [0.05, 0.1) is 12.1 Å². The molecule has 0 heterocycles. The molecule has 0 radical (unpaired) electrons. The smallest absolute Gasteiger partial charge is 0.326 e. The monoisotopic (exact) mass is 381 g/mol. The summed E-state index contributed by atoms with van der Waals surface area (Å²) in [7, 11) is 0. The zero-order chi connectivity index (χ0) is 20.7. The van der Waals surface area contributed by atoms with Crippen molar-refractivity contribution in [3.8, 4) is 5.75 Å². The van der Waals surface area contributed by atoms with Crippen LogP contribution in [0.2, 0.25) is 0 Å². The average molecular weight is 381 g/mol. The maximum absolute atomic E-state index is 12.4. The highest BCUT2D eigenvalue weighted by molar-refractivity contribution is 5.92. The van der Waals surface area contributed by atoms with Gasteiger partial charge in [0.15, 0.2) is 0 Å². The summed E-state index contributed by atoms with van der Waals surface area (Å²) in [6.07, 6.45) is -1.29. The molecule has 0 unspecified atom stereocenters. The van der Waals surface area contributed by atoms with Crippen LogP contribution in [0.25, 0.3) is 0 Å². The molecule has 0 aliphatic carbocycles. The van der Waals surface area contributed by atoms with Gasteiger partial charge in [-0.1, -0.05) is 26.0 Å². The third kappa shape index (κ3) is 6.87. The van der Waals surface area contributed by atoms with Gasteiger partial charge >= 0.3 is 5.97 Å². The number of carbonyl (C=O) groups is 3. The average Bonchev–Trinajstić information content (AvgIpc) is 2.59. The molecular formula is C18H27N3O6. The van der Waals surface area contributed by atoms with E-state index in [2.05, 4.69) is 10.6 Å². The van der Waals surface area contributed by atoms with E-state index in [4.69, 9.17) is 5.73 Å². The van der Waals surface area contributed by atoms with Crippen LogP contribution in [0, 0.1) is 5.92 Å². The highest BCUT2D eigenvalue weighted by Gasteiger charge is 2.31. The Kier molecular flexibility index (Phi) is 8.20. The van der Waals surface area contributed by atoms with Crippen molar-refractivity contribution in [2.75, 3.05) is 0 Å². The summed E-state index contributed by atoms with van der Waals surface area (Å²) >= 11 is 0. The summed E-state index contributed by atoms with van der Waals surface area (Å²) in [6, 6.07) is 2.39. The van der Waals surface area contributed by atoms with Crippen molar-refractivity contribution < 1.29 is 29.7 Å². The van der Waals surface area contributed by atoms with Crippen LogP contribution < -0.4 is 16.4 Å². The van der Waals surface area contributed by atoms with Crippen molar-refractivity contribution in [3.05, 3.63) is 29.8 Å². The molecule has 150 valence electrons. The lowest BCUT2D eigenvalue weighted by Gasteiger charge is -2.25. The summed E-state index contributed by atoms with van der Waals surface area (Å²) < 4.78 is 0. The van der Waals surface area contributed by atoms with Gasteiger partial charge in [0.25, 0.3) is 0 Å². The zero-order valence-electron chi connectivity index (χ0n) is 15.5. The first kappa shape index (κ1) is 22.4. The molecule has 0 aromatic heterocycles. The minimum absolute atomic E-state index is 0.0344. The molecule has 1 rings (SSSR count). The van der Waals surface area contributed by atoms with Crippen molar-refractivity contribution in [2.45, 2.75) is 51.4 Å².